The molecule has 1 amide bonds. The van der Waals surface area contributed by atoms with Gasteiger partial charge in [-0.1, -0.05) is 30.3 Å². The second-order valence-corrected chi connectivity index (χ2v) is 4.78. The first kappa shape index (κ1) is 13.9. The molecule has 6 heteroatoms. The molecule has 0 aliphatic heterocycles. The first-order valence-corrected chi connectivity index (χ1v) is 6.92. The quantitative estimate of drug-likeness (QED) is 0.707. The van der Waals surface area contributed by atoms with Crippen LogP contribution in [0.2, 0.25) is 0 Å². The summed E-state index contributed by atoms with van der Waals surface area (Å²) in [6.07, 6.45) is 0.170. The Kier molecular flexibility index (Phi) is 3.91. The molecule has 1 heterocycles. The molecular weight excluding hydrogens is 282 g/mol. The Morgan fingerprint density at radius 2 is 1.77 bits per heavy atom. The predicted octanol–water partition coefficient (Wildman–Crippen LogP) is 2.13. The van der Waals surface area contributed by atoms with E-state index < -0.39 is 5.76 Å². The van der Waals surface area contributed by atoms with Gasteiger partial charge in [0.15, 0.2) is 5.58 Å². The van der Waals surface area contributed by atoms with Crippen molar-refractivity contribution >= 4 is 22.7 Å². The van der Waals surface area contributed by atoms with E-state index in [0.717, 1.165) is 5.69 Å². The van der Waals surface area contributed by atoms with E-state index in [9.17, 15) is 9.59 Å². The fraction of sp³-hybridized carbons (Fsp3) is 0.125. The third-order valence-corrected chi connectivity index (χ3v) is 3.26. The lowest BCUT2D eigenvalue weighted by Gasteiger charge is -2.08. The summed E-state index contributed by atoms with van der Waals surface area (Å²) in [6.45, 7) is 0.262. The fourth-order valence-electron chi connectivity index (χ4n) is 2.16. The van der Waals surface area contributed by atoms with Crippen LogP contribution in [0.4, 0.5) is 5.69 Å². The van der Waals surface area contributed by atoms with Gasteiger partial charge in [0.25, 0.3) is 0 Å². The number of aryl methyl sites for hydroxylation is 1. The maximum absolute atomic E-state index is 11.8. The van der Waals surface area contributed by atoms with Crippen LogP contribution in [0.1, 0.15) is 6.42 Å². The van der Waals surface area contributed by atoms with Crippen molar-refractivity contribution in [1.82, 2.24) is 9.99 Å². The van der Waals surface area contributed by atoms with Crippen LogP contribution < -0.4 is 16.6 Å². The number of rotatable bonds is 5. The van der Waals surface area contributed by atoms with Crippen molar-refractivity contribution in [1.29, 1.82) is 0 Å². The Hall–Kier alpha value is -3.02. The number of oxazole rings is 1. The average Bonchev–Trinajstić information content (AvgIpc) is 2.87. The molecule has 0 spiro atoms. The van der Waals surface area contributed by atoms with Crippen LogP contribution >= 0.6 is 0 Å². The lowest BCUT2D eigenvalue weighted by molar-refractivity contribution is -0.120. The van der Waals surface area contributed by atoms with Crippen molar-refractivity contribution < 1.29 is 9.21 Å². The minimum Gasteiger partial charge on any atom is -0.408 e. The van der Waals surface area contributed by atoms with E-state index in [2.05, 4.69) is 10.9 Å². The number of para-hydroxylation sites is 3. The molecule has 2 N–H and O–H groups in total. The number of carbonyl (C=O) groups is 1. The van der Waals surface area contributed by atoms with Gasteiger partial charge in [-0.05, 0) is 24.3 Å². The van der Waals surface area contributed by atoms with Gasteiger partial charge >= 0.3 is 5.76 Å². The van der Waals surface area contributed by atoms with Crippen molar-refractivity contribution in [2.45, 2.75) is 13.0 Å². The lowest BCUT2D eigenvalue weighted by Crippen LogP contribution is -2.30. The number of nitrogens with zero attached hydrogens (tertiary/aromatic N) is 1. The highest BCUT2D eigenvalue weighted by Gasteiger charge is 2.10. The van der Waals surface area contributed by atoms with Gasteiger partial charge in [0.05, 0.1) is 11.2 Å². The smallest absolute Gasteiger partial charge is 0.408 e. The van der Waals surface area contributed by atoms with Crippen LogP contribution in [-0.4, -0.2) is 10.5 Å². The maximum atomic E-state index is 11.8. The van der Waals surface area contributed by atoms with Crippen molar-refractivity contribution in [2.24, 2.45) is 0 Å². The maximum Gasteiger partial charge on any atom is 0.419 e. The van der Waals surface area contributed by atoms with E-state index in [1.807, 2.05) is 36.4 Å². The Balaban J connectivity index is 1.61. The Morgan fingerprint density at radius 1 is 1.05 bits per heavy atom. The van der Waals surface area contributed by atoms with Crippen molar-refractivity contribution in [2.75, 3.05) is 5.43 Å². The Morgan fingerprint density at radius 3 is 2.59 bits per heavy atom. The minimum absolute atomic E-state index is 0.170. The van der Waals surface area contributed by atoms with Crippen LogP contribution in [-0.2, 0) is 11.3 Å². The molecule has 0 radical (unpaired) electrons. The molecule has 0 saturated heterocycles. The molecule has 0 bridgehead atoms. The average molecular weight is 297 g/mol. The first-order chi connectivity index (χ1) is 10.7. The Bertz CT molecular complexity index is 836. The van der Waals surface area contributed by atoms with E-state index in [1.54, 1.807) is 18.2 Å². The van der Waals surface area contributed by atoms with Gasteiger partial charge in [-0.15, -0.1) is 0 Å². The highest BCUT2D eigenvalue weighted by molar-refractivity contribution is 5.78. The molecule has 0 unspecified atom stereocenters. The highest BCUT2D eigenvalue weighted by Crippen LogP contribution is 2.12. The third kappa shape index (κ3) is 3.01. The highest BCUT2D eigenvalue weighted by atomic mass is 16.4. The molecule has 0 fully saturated rings. The number of hydrazine groups is 1. The summed E-state index contributed by atoms with van der Waals surface area (Å²) in [5, 5.41) is 0. The van der Waals surface area contributed by atoms with Gasteiger partial charge < -0.3 is 4.42 Å². The number of aromatic nitrogens is 1. The third-order valence-electron chi connectivity index (χ3n) is 3.26. The van der Waals surface area contributed by atoms with E-state index in [0.29, 0.717) is 11.1 Å². The summed E-state index contributed by atoms with van der Waals surface area (Å²) in [5.74, 6) is -0.661. The molecule has 0 atom stereocenters. The predicted molar refractivity (Wildman–Crippen MR) is 83.3 cm³/mol. The topological polar surface area (TPSA) is 76.3 Å². The van der Waals surface area contributed by atoms with Gasteiger partial charge in [0, 0.05) is 13.0 Å². The molecule has 0 saturated carbocycles. The molecule has 1 aromatic heterocycles. The lowest BCUT2D eigenvalue weighted by atomic mass is 10.3. The summed E-state index contributed by atoms with van der Waals surface area (Å²) in [7, 11) is 0. The van der Waals surface area contributed by atoms with Crippen LogP contribution in [0, 0.1) is 0 Å². The molecule has 0 aliphatic rings. The van der Waals surface area contributed by atoms with Crippen molar-refractivity contribution in [3.8, 4) is 0 Å². The number of anilines is 1. The number of nitrogens with one attached hydrogen (secondary N) is 2. The van der Waals surface area contributed by atoms with Gasteiger partial charge in [0.1, 0.15) is 0 Å². The molecule has 22 heavy (non-hydrogen) atoms. The summed E-state index contributed by atoms with van der Waals surface area (Å²) < 4.78 is 6.58. The van der Waals surface area contributed by atoms with Crippen LogP contribution in [0.25, 0.3) is 11.1 Å². The SMILES string of the molecule is O=C(CCn1c(=O)oc2ccccc21)NNc1ccccc1. The minimum atomic E-state index is -0.454. The number of fused-ring (bicyclic) bond motifs is 1. The van der Waals surface area contributed by atoms with Gasteiger partial charge in [-0.25, -0.2) is 4.79 Å². The molecule has 112 valence electrons. The molecule has 3 aromatic rings. The van der Waals surface area contributed by atoms with Gasteiger partial charge in [0.2, 0.25) is 5.91 Å². The molecule has 0 aliphatic carbocycles. The second-order valence-electron chi connectivity index (χ2n) is 4.78. The van der Waals surface area contributed by atoms with Gasteiger partial charge in [-0.3, -0.25) is 20.2 Å². The Labute approximate surface area is 126 Å². The summed E-state index contributed by atoms with van der Waals surface area (Å²) >= 11 is 0. The number of carbonyl (C=O) groups excluding carboxylic acids is 1. The number of benzene rings is 2. The number of hydrogen-bond acceptors (Lipinski definition) is 4. The van der Waals surface area contributed by atoms with Crippen molar-refractivity contribution in [3.05, 3.63) is 65.1 Å². The van der Waals surface area contributed by atoms with E-state index in [4.69, 9.17) is 4.42 Å². The summed E-state index contributed by atoms with van der Waals surface area (Å²) in [5.41, 5.74) is 7.42. The zero-order valence-electron chi connectivity index (χ0n) is 11.8. The molecule has 6 nitrogen and oxygen atoms in total. The van der Waals surface area contributed by atoms with Crippen LogP contribution in [0.5, 0.6) is 0 Å². The fourth-order valence-corrected chi connectivity index (χ4v) is 2.16. The van der Waals surface area contributed by atoms with Crippen LogP contribution in [0.15, 0.2) is 63.8 Å². The monoisotopic (exact) mass is 297 g/mol. The van der Waals surface area contributed by atoms with Crippen LogP contribution in [0.3, 0.4) is 0 Å². The van der Waals surface area contributed by atoms with E-state index >= 15 is 0 Å². The zero-order chi connectivity index (χ0) is 15.4. The van der Waals surface area contributed by atoms with Crippen molar-refractivity contribution in [3.63, 3.8) is 0 Å². The summed E-state index contributed by atoms with van der Waals surface area (Å²) in [6, 6.07) is 16.4. The summed E-state index contributed by atoms with van der Waals surface area (Å²) in [4.78, 5) is 23.6. The number of amides is 1. The van der Waals surface area contributed by atoms with E-state index in [-0.39, 0.29) is 18.9 Å². The molecule has 3 rings (SSSR count). The normalized spacial score (nSPS) is 10.5. The molecular formula is C16H15N3O3. The first-order valence-electron chi connectivity index (χ1n) is 6.92. The largest absolute Gasteiger partial charge is 0.419 e. The standard InChI is InChI=1S/C16H15N3O3/c20-15(18-17-12-6-2-1-3-7-12)10-11-19-13-8-4-5-9-14(13)22-16(19)21/h1-9,17H,10-11H2,(H,18,20). The number of hydrogen-bond donors (Lipinski definition) is 2. The van der Waals surface area contributed by atoms with Gasteiger partial charge in [-0.2, -0.15) is 0 Å². The zero-order valence-corrected chi connectivity index (χ0v) is 11.8. The second kappa shape index (κ2) is 6.17. The molecule has 2 aromatic carbocycles. The van der Waals surface area contributed by atoms with E-state index in [1.165, 1.54) is 4.57 Å².